The Balaban J connectivity index is 1.21. The molecule has 2 aliphatic rings. The number of rotatable bonds is 4. The van der Waals surface area contributed by atoms with Crippen LogP contribution in [-0.2, 0) is 0 Å². The molecule has 0 radical (unpaired) electrons. The van der Waals surface area contributed by atoms with Crippen LogP contribution >= 0.6 is 0 Å². The average molecular weight is 516 g/mol. The van der Waals surface area contributed by atoms with Gasteiger partial charge in [-0.05, 0) is 49.9 Å². The SMILES string of the molecule is c1cn2cc(-c3ccc4c(c3)ncn4C3CCCCC3)nc(-c3ccc4ncn(C5CCCCC5)c4c3)c2n1. The number of benzene rings is 2. The molecule has 0 bridgehead atoms. The van der Waals surface area contributed by atoms with Crippen molar-refractivity contribution >= 4 is 27.7 Å². The zero-order valence-corrected chi connectivity index (χ0v) is 22.2. The highest BCUT2D eigenvalue weighted by molar-refractivity contribution is 5.86. The topological polar surface area (TPSA) is 65.8 Å². The summed E-state index contributed by atoms with van der Waals surface area (Å²) in [7, 11) is 0. The van der Waals surface area contributed by atoms with Crippen molar-refractivity contribution in [2.75, 3.05) is 0 Å². The zero-order valence-electron chi connectivity index (χ0n) is 22.2. The summed E-state index contributed by atoms with van der Waals surface area (Å²) in [5.74, 6) is 0. The average Bonchev–Trinajstić information content (AvgIpc) is 3.75. The van der Waals surface area contributed by atoms with E-state index in [0.29, 0.717) is 12.1 Å². The lowest BCUT2D eigenvalue weighted by Crippen LogP contribution is -2.11. The first-order chi connectivity index (χ1) is 19.3. The quantitative estimate of drug-likeness (QED) is 0.240. The zero-order chi connectivity index (χ0) is 25.8. The summed E-state index contributed by atoms with van der Waals surface area (Å²) in [6, 6.07) is 14.2. The Hall–Kier alpha value is -4.00. The van der Waals surface area contributed by atoms with Crippen molar-refractivity contribution in [2.45, 2.75) is 76.3 Å². The van der Waals surface area contributed by atoms with Crippen LogP contribution in [0.5, 0.6) is 0 Å². The molecule has 7 nitrogen and oxygen atoms in total. The minimum Gasteiger partial charge on any atom is -0.327 e. The number of fused-ring (bicyclic) bond motifs is 3. The first-order valence-corrected chi connectivity index (χ1v) is 14.6. The van der Waals surface area contributed by atoms with Gasteiger partial charge in [-0.15, -0.1) is 0 Å². The molecule has 196 valence electrons. The second-order valence-corrected chi connectivity index (χ2v) is 11.4. The van der Waals surface area contributed by atoms with Crippen molar-refractivity contribution in [3.8, 4) is 22.5 Å². The fourth-order valence-electron chi connectivity index (χ4n) is 6.93. The number of imidazole rings is 3. The first-order valence-electron chi connectivity index (χ1n) is 14.6. The van der Waals surface area contributed by atoms with Crippen LogP contribution in [0.15, 0.2) is 67.6 Å². The number of hydrogen-bond donors (Lipinski definition) is 0. The van der Waals surface area contributed by atoms with Crippen LogP contribution < -0.4 is 0 Å². The van der Waals surface area contributed by atoms with E-state index in [1.165, 1.54) is 75.2 Å². The van der Waals surface area contributed by atoms with Gasteiger partial charge in [0.1, 0.15) is 5.69 Å². The second-order valence-electron chi connectivity index (χ2n) is 11.4. The van der Waals surface area contributed by atoms with Crippen molar-refractivity contribution in [2.24, 2.45) is 0 Å². The molecular weight excluding hydrogens is 482 g/mol. The van der Waals surface area contributed by atoms with Crippen LogP contribution in [-0.4, -0.2) is 33.5 Å². The lowest BCUT2D eigenvalue weighted by molar-refractivity contribution is 0.359. The van der Waals surface area contributed by atoms with E-state index in [0.717, 1.165) is 39.2 Å². The van der Waals surface area contributed by atoms with E-state index in [9.17, 15) is 0 Å². The van der Waals surface area contributed by atoms with Gasteiger partial charge in [0, 0.05) is 41.8 Å². The summed E-state index contributed by atoms with van der Waals surface area (Å²) < 4.78 is 6.87. The van der Waals surface area contributed by atoms with Crippen molar-refractivity contribution in [3.05, 3.63) is 67.6 Å². The summed E-state index contributed by atoms with van der Waals surface area (Å²) in [5, 5.41) is 0. The molecule has 39 heavy (non-hydrogen) atoms. The smallest absolute Gasteiger partial charge is 0.163 e. The molecule has 0 unspecified atom stereocenters. The Bertz CT molecular complexity index is 1790. The summed E-state index contributed by atoms with van der Waals surface area (Å²) in [6.45, 7) is 0. The Labute approximate surface area is 227 Å². The van der Waals surface area contributed by atoms with Crippen LogP contribution in [0.4, 0.5) is 0 Å². The highest BCUT2D eigenvalue weighted by Gasteiger charge is 2.20. The Morgan fingerprint density at radius 3 is 2.10 bits per heavy atom. The van der Waals surface area contributed by atoms with Gasteiger partial charge in [-0.2, -0.15) is 0 Å². The van der Waals surface area contributed by atoms with E-state index in [4.69, 9.17) is 15.0 Å². The fraction of sp³-hybridized carbons (Fsp3) is 0.375. The van der Waals surface area contributed by atoms with Crippen LogP contribution in [0.25, 0.3) is 50.2 Å². The van der Waals surface area contributed by atoms with Gasteiger partial charge in [0.25, 0.3) is 0 Å². The third-order valence-corrected chi connectivity index (χ3v) is 9.03. The lowest BCUT2D eigenvalue weighted by atomic mass is 9.95. The monoisotopic (exact) mass is 515 g/mol. The van der Waals surface area contributed by atoms with E-state index in [-0.39, 0.29) is 0 Å². The van der Waals surface area contributed by atoms with Gasteiger partial charge in [0.2, 0.25) is 0 Å². The van der Waals surface area contributed by atoms with Gasteiger partial charge in [-0.25, -0.2) is 19.9 Å². The molecule has 6 aromatic rings. The molecule has 2 aromatic carbocycles. The molecule has 0 atom stereocenters. The van der Waals surface area contributed by atoms with Crippen LogP contribution in [0, 0.1) is 0 Å². The van der Waals surface area contributed by atoms with Gasteiger partial charge in [0.15, 0.2) is 5.65 Å². The molecule has 7 heteroatoms. The Kier molecular flexibility index (Phi) is 5.49. The van der Waals surface area contributed by atoms with E-state index in [1.54, 1.807) is 0 Å². The molecule has 2 fully saturated rings. The van der Waals surface area contributed by atoms with Gasteiger partial charge in [0.05, 0.1) is 40.4 Å². The minimum atomic E-state index is 0.532. The standard InChI is InChI=1S/C32H33N7/c1-3-7-24(8-4-1)38-21-35-27-17-22(12-14-29(27)38)28-19-37-16-15-33-32(37)31(36-28)23-11-13-26-30(18-23)39(20-34-26)25-9-5-2-6-10-25/h11-21,24-25H,1-10H2. The number of nitrogens with zero attached hydrogens (tertiary/aromatic N) is 7. The fourth-order valence-corrected chi connectivity index (χ4v) is 6.93. The highest BCUT2D eigenvalue weighted by atomic mass is 15.1. The Morgan fingerprint density at radius 1 is 0.641 bits per heavy atom. The molecule has 4 heterocycles. The summed E-state index contributed by atoms with van der Waals surface area (Å²) >= 11 is 0. The third-order valence-electron chi connectivity index (χ3n) is 9.03. The molecular formula is C32H33N7. The number of aromatic nitrogens is 7. The highest BCUT2D eigenvalue weighted by Crippen LogP contribution is 2.35. The van der Waals surface area contributed by atoms with Gasteiger partial charge in [-0.3, -0.25) is 0 Å². The molecule has 0 saturated heterocycles. The maximum absolute atomic E-state index is 5.20. The third kappa shape index (κ3) is 3.94. The maximum Gasteiger partial charge on any atom is 0.163 e. The molecule has 0 aliphatic heterocycles. The predicted molar refractivity (Wildman–Crippen MR) is 155 cm³/mol. The van der Waals surface area contributed by atoms with E-state index >= 15 is 0 Å². The molecule has 0 spiro atoms. The normalized spacial score (nSPS) is 17.5. The van der Waals surface area contributed by atoms with Crippen LogP contribution in [0.1, 0.15) is 76.3 Å². The van der Waals surface area contributed by atoms with E-state index < -0.39 is 0 Å². The van der Waals surface area contributed by atoms with Crippen LogP contribution in [0.3, 0.4) is 0 Å². The summed E-state index contributed by atoms with van der Waals surface area (Å²) in [4.78, 5) is 19.4. The van der Waals surface area contributed by atoms with E-state index in [1.807, 2.05) is 25.0 Å². The minimum absolute atomic E-state index is 0.532. The predicted octanol–water partition coefficient (Wildman–Crippen LogP) is 7.77. The molecule has 0 amide bonds. The molecule has 2 aliphatic carbocycles. The second kappa shape index (κ2) is 9.33. The lowest BCUT2D eigenvalue weighted by Gasteiger charge is -2.23. The molecule has 4 aromatic heterocycles. The largest absolute Gasteiger partial charge is 0.327 e. The van der Waals surface area contributed by atoms with Crippen molar-refractivity contribution in [1.82, 2.24) is 33.5 Å². The van der Waals surface area contributed by atoms with Gasteiger partial charge in [-0.1, -0.05) is 50.7 Å². The maximum atomic E-state index is 5.20. The Morgan fingerprint density at radius 2 is 1.33 bits per heavy atom. The van der Waals surface area contributed by atoms with Crippen LogP contribution in [0.2, 0.25) is 0 Å². The molecule has 0 N–H and O–H groups in total. The van der Waals surface area contributed by atoms with Crippen molar-refractivity contribution in [1.29, 1.82) is 0 Å². The van der Waals surface area contributed by atoms with E-state index in [2.05, 4.69) is 61.1 Å². The van der Waals surface area contributed by atoms with Gasteiger partial charge >= 0.3 is 0 Å². The number of hydrogen-bond acceptors (Lipinski definition) is 4. The summed E-state index contributed by atoms with van der Waals surface area (Å²) in [5.41, 5.74) is 9.30. The molecule has 2 saturated carbocycles. The van der Waals surface area contributed by atoms with Crippen molar-refractivity contribution < 1.29 is 0 Å². The van der Waals surface area contributed by atoms with Crippen molar-refractivity contribution in [3.63, 3.8) is 0 Å². The van der Waals surface area contributed by atoms with Gasteiger partial charge < -0.3 is 13.5 Å². The summed E-state index contributed by atoms with van der Waals surface area (Å²) in [6.07, 6.45) is 22.9. The molecule has 8 rings (SSSR count). The first kappa shape index (κ1) is 22.9.